The Hall–Kier alpha value is -0.530. The minimum absolute atomic E-state index is 0.846. The molecule has 18 heavy (non-hydrogen) atoms. The highest BCUT2D eigenvalue weighted by Crippen LogP contribution is 2.23. The Labute approximate surface area is 116 Å². The number of rotatable bonds is 7. The SMILES string of the molecule is Cc1cc(Cl)c(CCCCCNC2CC2)cc1C. The number of hydrogen-bond acceptors (Lipinski definition) is 1. The molecule has 1 nitrogen and oxygen atoms in total. The molecule has 0 saturated heterocycles. The Morgan fingerprint density at radius 2 is 1.83 bits per heavy atom. The van der Waals surface area contributed by atoms with Crippen molar-refractivity contribution >= 4 is 11.6 Å². The van der Waals surface area contributed by atoms with E-state index >= 15 is 0 Å². The van der Waals surface area contributed by atoms with Gasteiger partial charge in [0, 0.05) is 11.1 Å². The van der Waals surface area contributed by atoms with Crippen molar-refractivity contribution in [1.82, 2.24) is 5.32 Å². The average Bonchev–Trinajstić information content (AvgIpc) is 3.13. The summed E-state index contributed by atoms with van der Waals surface area (Å²) in [7, 11) is 0. The highest BCUT2D eigenvalue weighted by molar-refractivity contribution is 6.31. The van der Waals surface area contributed by atoms with Crippen LogP contribution in [0, 0.1) is 13.8 Å². The smallest absolute Gasteiger partial charge is 0.0440 e. The highest BCUT2D eigenvalue weighted by atomic mass is 35.5. The first-order valence-electron chi connectivity index (χ1n) is 7.16. The van der Waals surface area contributed by atoms with Crippen LogP contribution in [0.2, 0.25) is 5.02 Å². The van der Waals surface area contributed by atoms with Gasteiger partial charge in [-0.05, 0) is 75.3 Å². The molecule has 1 aromatic rings. The molecule has 1 aromatic carbocycles. The molecule has 1 saturated carbocycles. The molecule has 0 radical (unpaired) electrons. The van der Waals surface area contributed by atoms with Crippen LogP contribution in [0.1, 0.15) is 48.8 Å². The third kappa shape index (κ3) is 4.29. The Morgan fingerprint density at radius 3 is 2.56 bits per heavy atom. The first kappa shape index (κ1) is 13.9. The molecule has 1 fully saturated rings. The van der Waals surface area contributed by atoms with E-state index < -0.39 is 0 Å². The summed E-state index contributed by atoms with van der Waals surface area (Å²) in [5.41, 5.74) is 3.96. The fourth-order valence-electron chi connectivity index (χ4n) is 2.24. The molecule has 0 bridgehead atoms. The summed E-state index contributed by atoms with van der Waals surface area (Å²) < 4.78 is 0. The van der Waals surface area contributed by atoms with Crippen molar-refractivity contribution in [2.75, 3.05) is 6.54 Å². The summed E-state index contributed by atoms with van der Waals surface area (Å²) in [6.45, 7) is 5.47. The summed E-state index contributed by atoms with van der Waals surface area (Å²) in [5, 5.41) is 4.50. The van der Waals surface area contributed by atoms with E-state index in [0.717, 1.165) is 17.5 Å². The normalized spacial score (nSPS) is 15.1. The first-order chi connectivity index (χ1) is 8.66. The lowest BCUT2D eigenvalue weighted by Crippen LogP contribution is -2.17. The number of nitrogens with one attached hydrogen (secondary N) is 1. The van der Waals surface area contributed by atoms with Gasteiger partial charge in [-0.15, -0.1) is 0 Å². The molecule has 0 aromatic heterocycles. The quantitative estimate of drug-likeness (QED) is 0.720. The van der Waals surface area contributed by atoms with Gasteiger partial charge in [0.05, 0.1) is 0 Å². The van der Waals surface area contributed by atoms with E-state index in [9.17, 15) is 0 Å². The van der Waals surface area contributed by atoms with E-state index in [2.05, 4.69) is 31.3 Å². The fourth-order valence-corrected chi connectivity index (χ4v) is 2.56. The van der Waals surface area contributed by atoms with Crippen LogP contribution in [0.25, 0.3) is 0 Å². The zero-order valence-corrected chi connectivity index (χ0v) is 12.3. The standard InChI is InChI=1S/C16H24ClN/c1-12-10-14(16(17)11-13(12)2)6-4-3-5-9-18-15-7-8-15/h10-11,15,18H,3-9H2,1-2H3. The third-order valence-corrected chi connectivity index (χ3v) is 4.15. The Bertz CT molecular complexity index is 396. The maximum atomic E-state index is 6.28. The van der Waals surface area contributed by atoms with E-state index in [1.165, 1.54) is 55.3 Å². The van der Waals surface area contributed by atoms with Crippen LogP contribution in [-0.2, 0) is 6.42 Å². The lowest BCUT2D eigenvalue weighted by atomic mass is 10.0. The lowest BCUT2D eigenvalue weighted by Gasteiger charge is -2.08. The number of hydrogen-bond donors (Lipinski definition) is 1. The predicted molar refractivity (Wildman–Crippen MR) is 79.5 cm³/mol. The second-order valence-electron chi connectivity index (χ2n) is 5.57. The summed E-state index contributed by atoms with van der Waals surface area (Å²) in [5.74, 6) is 0. The summed E-state index contributed by atoms with van der Waals surface area (Å²) in [4.78, 5) is 0. The van der Waals surface area contributed by atoms with E-state index in [4.69, 9.17) is 11.6 Å². The molecule has 0 aliphatic heterocycles. The minimum atomic E-state index is 0.846. The van der Waals surface area contributed by atoms with E-state index in [1.54, 1.807) is 0 Å². The number of benzene rings is 1. The average molecular weight is 266 g/mol. The topological polar surface area (TPSA) is 12.0 Å². The lowest BCUT2D eigenvalue weighted by molar-refractivity contribution is 0.600. The number of halogens is 1. The maximum absolute atomic E-state index is 6.28. The van der Waals surface area contributed by atoms with Gasteiger partial charge in [-0.2, -0.15) is 0 Å². The zero-order valence-electron chi connectivity index (χ0n) is 11.6. The highest BCUT2D eigenvalue weighted by Gasteiger charge is 2.19. The van der Waals surface area contributed by atoms with Crippen molar-refractivity contribution in [1.29, 1.82) is 0 Å². The van der Waals surface area contributed by atoms with Crippen LogP contribution in [0.15, 0.2) is 12.1 Å². The molecular formula is C16H24ClN. The molecule has 1 aliphatic rings. The van der Waals surface area contributed by atoms with Crippen LogP contribution in [0.4, 0.5) is 0 Å². The zero-order chi connectivity index (χ0) is 13.0. The van der Waals surface area contributed by atoms with Gasteiger partial charge in [0.2, 0.25) is 0 Å². The second kappa shape index (κ2) is 6.58. The Kier molecular flexibility index (Phi) is 5.08. The van der Waals surface area contributed by atoms with Crippen LogP contribution in [-0.4, -0.2) is 12.6 Å². The van der Waals surface area contributed by atoms with Gasteiger partial charge in [0.1, 0.15) is 0 Å². The van der Waals surface area contributed by atoms with Crippen molar-refractivity contribution in [2.45, 2.75) is 58.4 Å². The molecule has 2 heteroatoms. The van der Waals surface area contributed by atoms with E-state index in [0.29, 0.717) is 0 Å². The molecule has 2 rings (SSSR count). The molecule has 0 heterocycles. The van der Waals surface area contributed by atoms with Gasteiger partial charge in [-0.25, -0.2) is 0 Å². The van der Waals surface area contributed by atoms with Crippen molar-refractivity contribution in [2.24, 2.45) is 0 Å². The van der Waals surface area contributed by atoms with Gasteiger partial charge in [-0.1, -0.05) is 24.1 Å². The fraction of sp³-hybridized carbons (Fsp3) is 0.625. The maximum Gasteiger partial charge on any atom is 0.0440 e. The van der Waals surface area contributed by atoms with E-state index in [-0.39, 0.29) is 0 Å². The Morgan fingerprint density at radius 1 is 1.11 bits per heavy atom. The van der Waals surface area contributed by atoms with Crippen LogP contribution in [0.3, 0.4) is 0 Å². The Balaban J connectivity index is 1.67. The second-order valence-corrected chi connectivity index (χ2v) is 5.97. The largest absolute Gasteiger partial charge is 0.314 e. The molecular weight excluding hydrogens is 242 g/mol. The molecule has 0 amide bonds. The molecule has 100 valence electrons. The van der Waals surface area contributed by atoms with E-state index in [1.807, 2.05) is 0 Å². The van der Waals surface area contributed by atoms with Gasteiger partial charge in [0.15, 0.2) is 0 Å². The predicted octanol–water partition coefficient (Wildman–Crippen LogP) is 4.42. The molecule has 1 N–H and O–H groups in total. The van der Waals surface area contributed by atoms with Crippen molar-refractivity contribution < 1.29 is 0 Å². The van der Waals surface area contributed by atoms with Crippen molar-refractivity contribution in [3.63, 3.8) is 0 Å². The van der Waals surface area contributed by atoms with Crippen LogP contribution >= 0.6 is 11.6 Å². The van der Waals surface area contributed by atoms with Gasteiger partial charge in [0.25, 0.3) is 0 Å². The third-order valence-electron chi connectivity index (χ3n) is 3.80. The van der Waals surface area contributed by atoms with Crippen LogP contribution in [0.5, 0.6) is 0 Å². The summed E-state index contributed by atoms with van der Waals surface area (Å²) in [6, 6.07) is 5.19. The van der Waals surface area contributed by atoms with Gasteiger partial charge >= 0.3 is 0 Å². The monoisotopic (exact) mass is 265 g/mol. The van der Waals surface area contributed by atoms with Gasteiger partial charge in [-0.3, -0.25) is 0 Å². The minimum Gasteiger partial charge on any atom is -0.314 e. The molecule has 1 aliphatic carbocycles. The number of unbranched alkanes of at least 4 members (excludes halogenated alkanes) is 2. The van der Waals surface area contributed by atoms with Crippen molar-refractivity contribution in [3.05, 3.63) is 33.8 Å². The van der Waals surface area contributed by atoms with Crippen LogP contribution < -0.4 is 5.32 Å². The number of aryl methyl sites for hydroxylation is 3. The molecule has 0 spiro atoms. The van der Waals surface area contributed by atoms with Crippen molar-refractivity contribution in [3.8, 4) is 0 Å². The van der Waals surface area contributed by atoms with Gasteiger partial charge < -0.3 is 5.32 Å². The summed E-state index contributed by atoms with van der Waals surface area (Å²) in [6.07, 6.45) is 7.72. The molecule has 0 atom stereocenters. The first-order valence-corrected chi connectivity index (χ1v) is 7.53. The summed E-state index contributed by atoms with van der Waals surface area (Å²) >= 11 is 6.28. The molecule has 0 unspecified atom stereocenters.